The average molecular weight is 273 g/mol. The average Bonchev–Trinajstić information content (AvgIpc) is 2.49. The molecule has 0 bridgehead atoms. The highest BCUT2D eigenvalue weighted by Gasteiger charge is 2.05. The molecule has 2 rings (SSSR count). The van der Waals surface area contributed by atoms with Gasteiger partial charge >= 0.3 is 0 Å². The molecule has 0 atom stereocenters. The number of pyridine rings is 1. The standard InChI is InChI=1S/C16H20FN3/c1-2-20(13-14-7-5-6-10-18-14)12-11-19-16-9-4-3-8-15(16)17/h3-10,19H,2,11-13H2,1H3. The van der Waals surface area contributed by atoms with E-state index in [1.54, 1.807) is 18.3 Å². The van der Waals surface area contributed by atoms with Crippen LogP contribution in [0.5, 0.6) is 0 Å². The number of rotatable bonds is 7. The minimum Gasteiger partial charge on any atom is -0.381 e. The van der Waals surface area contributed by atoms with Crippen LogP contribution in [0.25, 0.3) is 0 Å². The van der Waals surface area contributed by atoms with Crippen molar-refractivity contribution in [3.63, 3.8) is 0 Å². The summed E-state index contributed by atoms with van der Waals surface area (Å²) in [7, 11) is 0. The van der Waals surface area contributed by atoms with E-state index in [-0.39, 0.29) is 5.82 Å². The Morgan fingerprint density at radius 1 is 1.15 bits per heavy atom. The zero-order valence-electron chi connectivity index (χ0n) is 11.7. The molecule has 0 radical (unpaired) electrons. The molecule has 1 heterocycles. The summed E-state index contributed by atoms with van der Waals surface area (Å²) in [6.45, 7) is 5.43. The van der Waals surface area contributed by atoms with Gasteiger partial charge in [-0.05, 0) is 30.8 Å². The predicted octanol–water partition coefficient (Wildman–Crippen LogP) is 3.15. The van der Waals surface area contributed by atoms with Gasteiger partial charge in [-0.3, -0.25) is 9.88 Å². The first-order chi connectivity index (χ1) is 9.79. The molecule has 0 unspecified atom stereocenters. The van der Waals surface area contributed by atoms with Crippen LogP contribution in [0, 0.1) is 5.82 Å². The Morgan fingerprint density at radius 2 is 1.95 bits per heavy atom. The van der Waals surface area contributed by atoms with Crippen molar-refractivity contribution in [1.29, 1.82) is 0 Å². The molecule has 4 heteroatoms. The van der Waals surface area contributed by atoms with E-state index in [0.29, 0.717) is 12.2 Å². The lowest BCUT2D eigenvalue weighted by molar-refractivity contribution is 0.287. The fourth-order valence-corrected chi connectivity index (χ4v) is 2.02. The Morgan fingerprint density at radius 3 is 2.65 bits per heavy atom. The van der Waals surface area contributed by atoms with Gasteiger partial charge in [0.1, 0.15) is 5.82 Å². The van der Waals surface area contributed by atoms with Crippen LogP contribution in [0.3, 0.4) is 0 Å². The van der Waals surface area contributed by atoms with Gasteiger partial charge in [0.15, 0.2) is 0 Å². The largest absolute Gasteiger partial charge is 0.381 e. The van der Waals surface area contributed by atoms with E-state index in [9.17, 15) is 4.39 Å². The van der Waals surface area contributed by atoms with E-state index in [4.69, 9.17) is 0 Å². The molecular weight excluding hydrogens is 253 g/mol. The molecule has 0 fully saturated rings. The highest BCUT2D eigenvalue weighted by molar-refractivity contribution is 5.44. The molecule has 1 aromatic carbocycles. The molecule has 0 spiro atoms. The van der Waals surface area contributed by atoms with Crippen LogP contribution in [0.15, 0.2) is 48.7 Å². The summed E-state index contributed by atoms with van der Waals surface area (Å²) >= 11 is 0. The number of likely N-dealkylation sites (N-methyl/N-ethyl adjacent to an activating group) is 1. The van der Waals surface area contributed by atoms with Gasteiger partial charge in [0.05, 0.1) is 11.4 Å². The van der Waals surface area contributed by atoms with Crippen LogP contribution in [0.1, 0.15) is 12.6 Å². The smallest absolute Gasteiger partial charge is 0.146 e. The number of benzene rings is 1. The monoisotopic (exact) mass is 273 g/mol. The molecular formula is C16H20FN3. The minimum absolute atomic E-state index is 0.208. The second kappa shape index (κ2) is 7.60. The second-order valence-electron chi connectivity index (χ2n) is 4.60. The predicted molar refractivity (Wildman–Crippen MR) is 80.1 cm³/mol. The maximum Gasteiger partial charge on any atom is 0.146 e. The molecule has 20 heavy (non-hydrogen) atoms. The maximum absolute atomic E-state index is 13.5. The van der Waals surface area contributed by atoms with Crippen molar-refractivity contribution < 1.29 is 4.39 Å². The molecule has 0 aliphatic heterocycles. The Labute approximate surface area is 119 Å². The van der Waals surface area contributed by atoms with Crippen molar-refractivity contribution in [3.8, 4) is 0 Å². The SMILES string of the molecule is CCN(CCNc1ccccc1F)Cc1ccccn1. The van der Waals surface area contributed by atoms with Crippen molar-refractivity contribution in [2.24, 2.45) is 0 Å². The summed E-state index contributed by atoms with van der Waals surface area (Å²) in [6, 6.07) is 12.7. The number of hydrogen-bond acceptors (Lipinski definition) is 3. The van der Waals surface area contributed by atoms with Gasteiger partial charge in [0, 0.05) is 25.8 Å². The fraction of sp³-hybridized carbons (Fsp3) is 0.312. The van der Waals surface area contributed by atoms with E-state index in [0.717, 1.165) is 25.3 Å². The van der Waals surface area contributed by atoms with Crippen molar-refractivity contribution in [1.82, 2.24) is 9.88 Å². The van der Waals surface area contributed by atoms with Gasteiger partial charge in [0.25, 0.3) is 0 Å². The highest BCUT2D eigenvalue weighted by Crippen LogP contribution is 2.11. The van der Waals surface area contributed by atoms with E-state index >= 15 is 0 Å². The zero-order chi connectivity index (χ0) is 14.2. The van der Waals surface area contributed by atoms with Gasteiger partial charge < -0.3 is 5.32 Å². The number of nitrogens with one attached hydrogen (secondary N) is 1. The fourth-order valence-electron chi connectivity index (χ4n) is 2.02. The molecule has 2 aromatic rings. The first-order valence-corrected chi connectivity index (χ1v) is 6.90. The Kier molecular flexibility index (Phi) is 5.50. The molecule has 0 saturated heterocycles. The van der Waals surface area contributed by atoms with Crippen molar-refractivity contribution >= 4 is 5.69 Å². The normalized spacial score (nSPS) is 10.8. The lowest BCUT2D eigenvalue weighted by Crippen LogP contribution is -2.29. The summed E-state index contributed by atoms with van der Waals surface area (Å²) in [5, 5.41) is 3.13. The van der Waals surface area contributed by atoms with Crippen LogP contribution in [-0.4, -0.2) is 29.5 Å². The lowest BCUT2D eigenvalue weighted by atomic mass is 10.3. The molecule has 0 amide bonds. The summed E-state index contributed by atoms with van der Waals surface area (Å²) < 4.78 is 13.5. The maximum atomic E-state index is 13.5. The minimum atomic E-state index is -0.208. The topological polar surface area (TPSA) is 28.2 Å². The summed E-state index contributed by atoms with van der Waals surface area (Å²) in [5.41, 5.74) is 1.61. The van der Waals surface area contributed by atoms with E-state index in [2.05, 4.69) is 22.1 Å². The van der Waals surface area contributed by atoms with Crippen molar-refractivity contribution in [2.75, 3.05) is 25.0 Å². The third kappa shape index (κ3) is 4.31. The molecule has 0 saturated carbocycles. The molecule has 1 aromatic heterocycles. The van der Waals surface area contributed by atoms with E-state index < -0.39 is 0 Å². The zero-order valence-corrected chi connectivity index (χ0v) is 11.7. The van der Waals surface area contributed by atoms with Crippen LogP contribution in [0.4, 0.5) is 10.1 Å². The van der Waals surface area contributed by atoms with Crippen molar-refractivity contribution in [3.05, 3.63) is 60.2 Å². The number of anilines is 1. The number of hydrogen-bond donors (Lipinski definition) is 1. The Hall–Kier alpha value is -1.94. The van der Waals surface area contributed by atoms with Crippen LogP contribution in [0.2, 0.25) is 0 Å². The third-order valence-corrected chi connectivity index (χ3v) is 3.18. The quantitative estimate of drug-likeness (QED) is 0.840. The number of aromatic nitrogens is 1. The number of halogens is 1. The van der Waals surface area contributed by atoms with Crippen LogP contribution in [-0.2, 0) is 6.54 Å². The molecule has 1 N–H and O–H groups in total. The van der Waals surface area contributed by atoms with Crippen LogP contribution >= 0.6 is 0 Å². The van der Waals surface area contributed by atoms with Crippen LogP contribution < -0.4 is 5.32 Å². The summed E-state index contributed by atoms with van der Waals surface area (Å²) in [6.07, 6.45) is 1.81. The first kappa shape index (κ1) is 14.5. The van der Waals surface area contributed by atoms with Gasteiger partial charge in [-0.15, -0.1) is 0 Å². The number of para-hydroxylation sites is 1. The van der Waals surface area contributed by atoms with E-state index in [1.165, 1.54) is 6.07 Å². The number of nitrogens with zero attached hydrogens (tertiary/aromatic N) is 2. The molecule has 0 aliphatic rings. The van der Waals surface area contributed by atoms with Crippen molar-refractivity contribution in [2.45, 2.75) is 13.5 Å². The Balaban J connectivity index is 1.81. The highest BCUT2D eigenvalue weighted by atomic mass is 19.1. The van der Waals surface area contributed by atoms with Gasteiger partial charge in [-0.1, -0.05) is 25.1 Å². The van der Waals surface area contributed by atoms with Gasteiger partial charge in [0.2, 0.25) is 0 Å². The lowest BCUT2D eigenvalue weighted by Gasteiger charge is -2.20. The Bertz CT molecular complexity index is 516. The van der Waals surface area contributed by atoms with Gasteiger partial charge in [-0.2, -0.15) is 0 Å². The molecule has 3 nitrogen and oxygen atoms in total. The first-order valence-electron chi connectivity index (χ1n) is 6.90. The van der Waals surface area contributed by atoms with Gasteiger partial charge in [-0.25, -0.2) is 4.39 Å². The molecule has 0 aliphatic carbocycles. The summed E-state index contributed by atoms with van der Waals surface area (Å²) in [4.78, 5) is 6.60. The second-order valence-corrected chi connectivity index (χ2v) is 4.60. The molecule has 106 valence electrons. The third-order valence-electron chi connectivity index (χ3n) is 3.18. The van der Waals surface area contributed by atoms with E-state index in [1.807, 2.05) is 24.3 Å². The summed E-state index contributed by atoms with van der Waals surface area (Å²) in [5.74, 6) is -0.208.